The first-order valence-corrected chi connectivity index (χ1v) is 9.40. The average Bonchev–Trinajstić information content (AvgIpc) is 2.53. The van der Waals surface area contributed by atoms with Crippen molar-refractivity contribution in [2.45, 2.75) is 45.6 Å². The molecule has 2 atom stereocenters. The van der Waals surface area contributed by atoms with Crippen LogP contribution in [0.2, 0.25) is 0 Å². The zero-order valence-corrected chi connectivity index (χ0v) is 16.8. The maximum absolute atomic E-state index is 12.4. The third-order valence-electron chi connectivity index (χ3n) is 4.13. The van der Waals surface area contributed by atoms with Crippen LogP contribution in [0.25, 0.3) is 0 Å². The molecule has 1 aromatic rings. The lowest BCUT2D eigenvalue weighted by molar-refractivity contribution is -0.150. The van der Waals surface area contributed by atoms with Crippen LogP contribution in [0.4, 0.5) is 4.79 Å². The lowest BCUT2D eigenvalue weighted by Gasteiger charge is -2.38. The molecule has 0 bridgehead atoms. The molecule has 1 fully saturated rings. The fourth-order valence-electron chi connectivity index (χ4n) is 3.05. The van der Waals surface area contributed by atoms with Gasteiger partial charge in [0.2, 0.25) is 0 Å². The number of halogens is 1. The predicted octanol–water partition coefficient (Wildman–Crippen LogP) is 4.35. The van der Waals surface area contributed by atoms with Crippen LogP contribution in [0.5, 0.6) is 0 Å². The van der Waals surface area contributed by atoms with Gasteiger partial charge in [-0.3, -0.25) is 4.79 Å². The van der Waals surface area contributed by atoms with E-state index in [0.717, 1.165) is 10.0 Å². The molecule has 0 radical (unpaired) electrons. The number of amides is 1. The van der Waals surface area contributed by atoms with Gasteiger partial charge in [0.05, 0.1) is 12.5 Å². The van der Waals surface area contributed by atoms with Gasteiger partial charge >= 0.3 is 12.1 Å². The van der Waals surface area contributed by atoms with E-state index in [4.69, 9.17) is 9.47 Å². The molecular weight excluding hydrogens is 386 g/mol. The molecule has 25 heavy (non-hydrogen) atoms. The summed E-state index contributed by atoms with van der Waals surface area (Å²) < 4.78 is 11.7. The molecule has 5 nitrogen and oxygen atoms in total. The van der Waals surface area contributed by atoms with Gasteiger partial charge in [0, 0.05) is 23.5 Å². The van der Waals surface area contributed by atoms with E-state index in [1.165, 1.54) is 0 Å². The van der Waals surface area contributed by atoms with Crippen molar-refractivity contribution >= 4 is 28.0 Å². The van der Waals surface area contributed by atoms with E-state index in [1.54, 1.807) is 4.90 Å². The van der Waals surface area contributed by atoms with Gasteiger partial charge in [0.15, 0.2) is 0 Å². The topological polar surface area (TPSA) is 55.8 Å². The van der Waals surface area contributed by atoms with Crippen LogP contribution in [-0.4, -0.2) is 42.3 Å². The quantitative estimate of drug-likeness (QED) is 0.693. The van der Waals surface area contributed by atoms with Crippen molar-refractivity contribution in [1.29, 1.82) is 0 Å². The zero-order chi connectivity index (χ0) is 18.6. The lowest BCUT2D eigenvalue weighted by atomic mass is 9.81. The molecule has 0 aromatic heterocycles. The fraction of sp³-hybridized carbons (Fsp3) is 0.579. The number of carbonyl (C=O) groups excluding carboxylic acids is 2. The number of esters is 1. The summed E-state index contributed by atoms with van der Waals surface area (Å²) in [4.78, 5) is 26.5. The van der Waals surface area contributed by atoms with E-state index in [-0.39, 0.29) is 23.9 Å². The van der Waals surface area contributed by atoms with Crippen LogP contribution >= 0.6 is 15.9 Å². The van der Waals surface area contributed by atoms with Gasteiger partial charge < -0.3 is 14.4 Å². The van der Waals surface area contributed by atoms with Crippen LogP contribution in [0, 0.1) is 5.92 Å². The van der Waals surface area contributed by atoms with Crippen LogP contribution < -0.4 is 0 Å². The highest BCUT2D eigenvalue weighted by Gasteiger charge is 2.38. The highest BCUT2D eigenvalue weighted by atomic mass is 79.9. The molecule has 0 unspecified atom stereocenters. The first-order chi connectivity index (χ1) is 11.7. The smallest absolute Gasteiger partial charge is 0.410 e. The Labute approximate surface area is 157 Å². The Bertz CT molecular complexity index is 626. The summed E-state index contributed by atoms with van der Waals surface area (Å²) in [5, 5.41) is 0. The molecule has 1 saturated heterocycles. The standard InChI is InChI=1S/C19H26BrNO4/c1-5-24-17(22)15-9-10-21(18(23)25-19(2,3)4)12-16(15)13-7-6-8-14(20)11-13/h6-8,11,15-16H,5,9-10,12H2,1-4H3/t15-,16+/m1/s1. The van der Waals surface area contributed by atoms with E-state index in [0.29, 0.717) is 26.1 Å². The monoisotopic (exact) mass is 411 g/mol. The van der Waals surface area contributed by atoms with Gasteiger partial charge in [0.1, 0.15) is 5.60 Å². The van der Waals surface area contributed by atoms with Crippen molar-refractivity contribution in [3.63, 3.8) is 0 Å². The van der Waals surface area contributed by atoms with E-state index >= 15 is 0 Å². The van der Waals surface area contributed by atoms with Crippen LogP contribution in [0.1, 0.15) is 45.6 Å². The Balaban J connectivity index is 2.23. The first kappa shape index (κ1) is 19.8. The Morgan fingerprint density at radius 3 is 2.64 bits per heavy atom. The predicted molar refractivity (Wildman–Crippen MR) is 99.4 cm³/mol. The minimum absolute atomic E-state index is 0.113. The van der Waals surface area contributed by atoms with Crippen molar-refractivity contribution in [1.82, 2.24) is 4.90 Å². The molecule has 6 heteroatoms. The molecule has 0 spiro atoms. The summed E-state index contributed by atoms with van der Waals surface area (Å²) >= 11 is 3.48. The van der Waals surface area contributed by atoms with Crippen LogP contribution in [0.3, 0.4) is 0 Å². The van der Waals surface area contributed by atoms with E-state index in [2.05, 4.69) is 15.9 Å². The third kappa shape index (κ3) is 5.46. The second-order valence-corrected chi connectivity index (χ2v) is 8.15. The minimum Gasteiger partial charge on any atom is -0.466 e. The fourth-order valence-corrected chi connectivity index (χ4v) is 3.47. The highest BCUT2D eigenvalue weighted by molar-refractivity contribution is 9.10. The van der Waals surface area contributed by atoms with Crippen molar-refractivity contribution in [2.75, 3.05) is 19.7 Å². The molecule has 0 saturated carbocycles. The SMILES string of the molecule is CCOC(=O)[C@@H]1CCN(C(=O)OC(C)(C)C)C[C@H]1c1cccc(Br)c1. The number of nitrogens with zero attached hydrogens (tertiary/aromatic N) is 1. The zero-order valence-electron chi connectivity index (χ0n) is 15.3. The summed E-state index contributed by atoms with van der Waals surface area (Å²) in [6, 6.07) is 7.86. The Hall–Kier alpha value is -1.56. The average molecular weight is 412 g/mol. The molecule has 1 aliphatic rings. The van der Waals surface area contributed by atoms with Crippen molar-refractivity contribution in [2.24, 2.45) is 5.92 Å². The van der Waals surface area contributed by atoms with Gasteiger partial charge in [-0.25, -0.2) is 4.79 Å². The van der Waals surface area contributed by atoms with Gasteiger partial charge in [0.25, 0.3) is 0 Å². The number of benzene rings is 1. The maximum Gasteiger partial charge on any atom is 0.410 e. The van der Waals surface area contributed by atoms with E-state index in [1.807, 2.05) is 52.0 Å². The lowest BCUT2D eigenvalue weighted by Crippen LogP contribution is -2.47. The number of carbonyl (C=O) groups is 2. The second kappa shape index (κ2) is 8.21. The van der Waals surface area contributed by atoms with Gasteiger partial charge in [-0.05, 0) is 51.8 Å². The van der Waals surface area contributed by atoms with E-state index < -0.39 is 5.60 Å². The molecular formula is C19H26BrNO4. The molecule has 1 amide bonds. The molecule has 1 aromatic carbocycles. The first-order valence-electron chi connectivity index (χ1n) is 8.61. The molecule has 2 rings (SSSR count). The number of hydrogen-bond acceptors (Lipinski definition) is 4. The highest BCUT2D eigenvalue weighted by Crippen LogP contribution is 2.35. The van der Waals surface area contributed by atoms with Gasteiger partial charge in [-0.2, -0.15) is 0 Å². The Morgan fingerprint density at radius 1 is 1.32 bits per heavy atom. The maximum atomic E-state index is 12.4. The molecule has 0 aliphatic carbocycles. The number of hydrogen-bond donors (Lipinski definition) is 0. The molecule has 138 valence electrons. The van der Waals surface area contributed by atoms with Gasteiger partial charge in [-0.15, -0.1) is 0 Å². The number of ether oxygens (including phenoxy) is 2. The van der Waals surface area contributed by atoms with E-state index in [9.17, 15) is 9.59 Å². The number of likely N-dealkylation sites (tertiary alicyclic amines) is 1. The van der Waals surface area contributed by atoms with Crippen molar-refractivity contribution < 1.29 is 19.1 Å². The molecule has 1 aliphatic heterocycles. The molecule has 0 N–H and O–H groups in total. The Morgan fingerprint density at radius 2 is 2.04 bits per heavy atom. The number of piperidine rings is 1. The Kier molecular flexibility index (Phi) is 6.49. The molecule has 1 heterocycles. The summed E-state index contributed by atoms with van der Waals surface area (Å²) in [6.07, 6.45) is 0.227. The third-order valence-corrected chi connectivity index (χ3v) is 4.62. The van der Waals surface area contributed by atoms with Gasteiger partial charge in [-0.1, -0.05) is 28.1 Å². The normalized spacial score (nSPS) is 20.9. The number of rotatable bonds is 3. The van der Waals surface area contributed by atoms with Crippen molar-refractivity contribution in [3.05, 3.63) is 34.3 Å². The van der Waals surface area contributed by atoms with Crippen molar-refractivity contribution in [3.8, 4) is 0 Å². The second-order valence-electron chi connectivity index (χ2n) is 7.24. The van der Waals surface area contributed by atoms with Crippen LogP contribution in [-0.2, 0) is 14.3 Å². The summed E-state index contributed by atoms with van der Waals surface area (Å²) in [5.41, 5.74) is 0.473. The summed E-state index contributed by atoms with van der Waals surface area (Å²) in [6.45, 7) is 8.64. The largest absolute Gasteiger partial charge is 0.466 e. The summed E-state index contributed by atoms with van der Waals surface area (Å²) in [5.74, 6) is -0.568. The summed E-state index contributed by atoms with van der Waals surface area (Å²) in [7, 11) is 0. The minimum atomic E-state index is -0.541. The van der Waals surface area contributed by atoms with Crippen LogP contribution in [0.15, 0.2) is 28.7 Å².